The van der Waals surface area contributed by atoms with Crippen molar-refractivity contribution < 1.29 is 22.3 Å². The Morgan fingerprint density at radius 3 is 2.27 bits per heavy atom. The summed E-state index contributed by atoms with van der Waals surface area (Å²) in [6.07, 6.45) is 0. The summed E-state index contributed by atoms with van der Waals surface area (Å²) in [5.41, 5.74) is -0.185. The lowest BCUT2D eigenvalue weighted by atomic mass is 10.2. The molecular formula is C14H22FNO4SSi. The van der Waals surface area contributed by atoms with Crippen LogP contribution in [0, 0.1) is 5.82 Å². The third-order valence-corrected chi connectivity index (χ3v) is 11.7. The second-order valence-electron chi connectivity index (χ2n) is 6.61. The summed E-state index contributed by atoms with van der Waals surface area (Å²) in [5.74, 6) is -1.56. The smallest absolute Gasteiger partial charge is 0.339 e. The average Bonchev–Trinajstić information content (AvgIpc) is 2.35. The molecule has 0 spiro atoms. The van der Waals surface area contributed by atoms with Gasteiger partial charge in [0, 0.05) is 0 Å². The van der Waals surface area contributed by atoms with Gasteiger partial charge in [-0.05, 0) is 23.2 Å². The van der Waals surface area contributed by atoms with Gasteiger partial charge in [0.25, 0.3) is 0 Å². The molecule has 1 aromatic rings. The van der Waals surface area contributed by atoms with Crippen LogP contribution in [0.5, 0.6) is 0 Å². The lowest BCUT2D eigenvalue weighted by Gasteiger charge is -2.36. The van der Waals surface area contributed by atoms with Gasteiger partial charge in [-0.15, -0.1) is 0 Å². The molecule has 0 bridgehead atoms. The molecule has 0 amide bonds. The molecule has 0 atom stereocenters. The maximum absolute atomic E-state index is 13.5. The molecule has 8 heteroatoms. The maximum atomic E-state index is 13.5. The molecule has 0 aliphatic heterocycles. The number of nitrogens with one attached hydrogen (secondary N) is 1. The molecule has 0 unspecified atom stereocenters. The molecule has 0 radical (unpaired) electrons. The van der Waals surface area contributed by atoms with Crippen LogP contribution in [0.4, 0.5) is 4.39 Å². The Morgan fingerprint density at radius 1 is 1.27 bits per heavy atom. The summed E-state index contributed by atoms with van der Waals surface area (Å²) < 4.78 is 46.0. The van der Waals surface area contributed by atoms with Gasteiger partial charge in [0.1, 0.15) is 14.1 Å². The number of hydrogen-bond donors (Lipinski definition) is 1. The minimum absolute atomic E-state index is 0.185. The van der Waals surface area contributed by atoms with E-state index < -0.39 is 34.9 Å². The van der Waals surface area contributed by atoms with Crippen molar-refractivity contribution in [3.63, 3.8) is 0 Å². The molecular weight excluding hydrogens is 325 g/mol. The number of methoxy groups -OCH3 is 1. The van der Waals surface area contributed by atoms with Crippen molar-refractivity contribution in [2.24, 2.45) is 0 Å². The first-order valence-corrected chi connectivity index (χ1v) is 11.2. The molecule has 1 rings (SSSR count). The van der Waals surface area contributed by atoms with E-state index in [1.807, 2.05) is 33.9 Å². The van der Waals surface area contributed by atoms with Crippen LogP contribution in [0.3, 0.4) is 0 Å². The number of sulfonamides is 1. The van der Waals surface area contributed by atoms with Crippen LogP contribution in [0.2, 0.25) is 18.1 Å². The van der Waals surface area contributed by atoms with E-state index >= 15 is 0 Å². The van der Waals surface area contributed by atoms with E-state index in [9.17, 15) is 17.6 Å². The summed E-state index contributed by atoms with van der Waals surface area (Å²) in [6.45, 7) is 9.54. The summed E-state index contributed by atoms with van der Waals surface area (Å²) in [6, 6.07) is 2.97. The molecule has 5 nitrogen and oxygen atoms in total. The molecule has 1 N–H and O–H groups in total. The van der Waals surface area contributed by atoms with Crippen LogP contribution in [-0.2, 0) is 14.8 Å². The second-order valence-corrected chi connectivity index (χ2v) is 13.6. The Hall–Kier alpha value is -1.25. The summed E-state index contributed by atoms with van der Waals surface area (Å²) in [5, 5.41) is -0.251. The van der Waals surface area contributed by atoms with Crippen molar-refractivity contribution in [3.8, 4) is 0 Å². The highest BCUT2D eigenvalue weighted by molar-refractivity contribution is 7.91. The highest BCUT2D eigenvalue weighted by Gasteiger charge is 2.40. The van der Waals surface area contributed by atoms with Crippen molar-refractivity contribution in [2.75, 3.05) is 7.11 Å². The van der Waals surface area contributed by atoms with Gasteiger partial charge in [-0.25, -0.2) is 22.0 Å². The Labute approximate surface area is 132 Å². The van der Waals surface area contributed by atoms with Crippen LogP contribution in [0.15, 0.2) is 23.1 Å². The summed E-state index contributed by atoms with van der Waals surface area (Å²) >= 11 is 0. The molecule has 0 saturated heterocycles. The Balaban J connectivity index is 3.41. The topological polar surface area (TPSA) is 72.5 Å². The quantitative estimate of drug-likeness (QED) is 0.671. The van der Waals surface area contributed by atoms with Gasteiger partial charge in [-0.2, -0.15) is 0 Å². The van der Waals surface area contributed by atoms with Crippen LogP contribution in [0.25, 0.3) is 0 Å². The molecule has 0 fully saturated rings. The lowest BCUT2D eigenvalue weighted by molar-refractivity contribution is 0.0596. The van der Waals surface area contributed by atoms with Gasteiger partial charge >= 0.3 is 5.97 Å². The van der Waals surface area contributed by atoms with Crippen molar-refractivity contribution in [3.05, 3.63) is 29.6 Å². The molecule has 0 aromatic heterocycles. The SMILES string of the molecule is COC(=O)c1ccc(F)cc1S(=O)(=O)N[Si](C)(C)C(C)(C)C. The third-order valence-electron chi connectivity index (χ3n) is 3.90. The highest BCUT2D eigenvalue weighted by atomic mass is 32.2. The van der Waals surface area contributed by atoms with E-state index in [4.69, 9.17) is 0 Å². The summed E-state index contributed by atoms with van der Waals surface area (Å²) in [7, 11) is -5.32. The minimum atomic E-state index is -4.04. The Bertz CT molecular complexity index is 681. The van der Waals surface area contributed by atoms with Crippen molar-refractivity contribution in [1.29, 1.82) is 0 Å². The molecule has 124 valence electrons. The van der Waals surface area contributed by atoms with Crippen molar-refractivity contribution in [2.45, 2.75) is 43.8 Å². The first-order valence-electron chi connectivity index (χ1n) is 6.74. The van der Waals surface area contributed by atoms with Gasteiger partial charge in [-0.3, -0.25) is 0 Å². The largest absolute Gasteiger partial charge is 0.465 e. The number of halogens is 1. The zero-order valence-electron chi connectivity index (χ0n) is 13.7. The van der Waals surface area contributed by atoms with Gasteiger partial charge in [0.15, 0.2) is 0 Å². The molecule has 22 heavy (non-hydrogen) atoms. The van der Waals surface area contributed by atoms with Crippen LogP contribution in [0.1, 0.15) is 31.1 Å². The summed E-state index contributed by atoms with van der Waals surface area (Å²) in [4.78, 5) is 11.3. The Kier molecular flexibility index (Phi) is 5.21. The lowest BCUT2D eigenvalue weighted by Crippen LogP contribution is -2.54. The van der Waals surface area contributed by atoms with E-state index in [0.717, 1.165) is 25.3 Å². The Morgan fingerprint density at radius 2 is 1.82 bits per heavy atom. The fourth-order valence-electron chi connectivity index (χ4n) is 1.54. The van der Waals surface area contributed by atoms with Crippen molar-refractivity contribution in [1.82, 2.24) is 4.39 Å². The molecule has 0 heterocycles. The number of esters is 1. The zero-order chi connectivity index (χ0) is 17.3. The molecule has 0 saturated carbocycles. The maximum Gasteiger partial charge on any atom is 0.339 e. The first-order chi connectivity index (χ1) is 9.82. The van der Waals surface area contributed by atoms with Crippen LogP contribution < -0.4 is 4.39 Å². The highest BCUT2D eigenvalue weighted by Crippen LogP contribution is 2.35. The van der Waals surface area contributed by atoms with Crippen molar-refractivity contribution >= 4 is 24.2 Å². The normalized spacial score (nSPS) is 13.0. The number of carbonyl (C=O) groups excluding carboxylic acids is 1. The number of hydrogen-bond acceptors (Lipinski definition) is 4. The first kappa shape index (κ1) is 18.8. The fraction of sp³-hybridized carbons (Fsp3) is 0.500. The van der Waals surface area contributed by atoms with E-state index in [1.54, 1.807) is 0 Å². The molecule has 0 aliphatic rings. The van der Waals surface area contributed by atoms with E-state index in [0.29, 0.717) is 0 Å². The van der Waals surface area contributed by atoms with Crippen LogP contribution >= 0.6 is 0 Å². The minimum Gasteiger partial charge on any atom is -0.465 e. The number of ether oxygens (including phenoxy) is 1. The number of benzene rings is 1. The van der Waals surface area contributed by atoms with Gasteiger partial charge in [-0.1, -0.05) is 33.9 Å². The van der Waals surface area contributed by atoms with Crippen LogP contribution in [-0.4, -0.2) is 29.7 Å². The third kappa shape index (κ3) is 3.93. The van der Waals surface area contributed by atoms with E-state index in [1.165, 1.54) is 0 Å². The van der Waals surface area contributed by atoms with E-state index in [-0.39, 0.29) is 10.6 Å². The predicted molar refractivity (Wildman–Crippen MR) is 85.3 cm³/mol. The standard InChI is InChI=1S/C14H22FNO4SSi/c1-14(2,3)22(5,6)16-21(18,19)12-9-10(15)7-8-11(12)13(17)20-4/h7-9,16H,1-6H3. The van der Waals surface area contributed by atoms with Gasteiger partial charge in [0.05, 0.1) is 17.6 Å². The van der Waals surface area contributed by atoms with Gasteiger partial charge < -0.3 is 4.74 Å². The number of carbonyl (C=O) groups is 1. The fourth-order valence-corrected chi connectivity index (χ4v) is 6.60. The molecule has 0 aliphatic carbocycles. The average molecular weight is 347 g/mol. The predicted octanol–water partition coefficient (Wildman–Crippen LogP) is 2.90. The van der Waals surface area contributed by atoms with Gasteiger partial charge in [0.2, 0.25) is 10.0 Å². The second kappa shape index (κ2) is 6.09. The zero-order valence-corrected chi connectivity index (χ0v) is 15.5. The number of rotatable bonds is 4. The van der Waals surface area contributed by atoms with E-state index in [2.05, 4.69) is 9.12 Å². The monoisotopic (exact) mass is 347 g/mol. The molecule has 1 aromatic carbocycles.